The molecule has 0 unspecified atom stereocenters. The van der Waals surface area contributed by atoms with Crippen molar-refractivity contribution in [2.75, 3.05) is 7.05 Å². The van der Waals surface area contributed by atoms with E-state index in [9.17, 15) is 0 Å². The molecule has 0 radical (unpaired) electrons. The number of diazo groups is 1. The fraction of sp³-hybridized carbons (Fsp3) is 1.00. The summed E-state index contributed by atoms with van der Waals surface area (Å²) in [5.74, 6) is 0. The zero-order chi connectivity index (χ0) is 3.41. The smallest absolute Gasteiger partial charge is 1.00 e. The van der Waals surface area contributed by atoms with E-state index in [0.29, 0.717) is 0 Å². The SMILES string of the molecule is CN[N+]#N.[Cl-].[Cl-].[Cl-].[Zn+2]. The Hall–Kier alpha value is 0.713. The van der Waals surface area contributed by atoms with E-state index in [4.69, 9.17) is 5.39 Å². The number of nitrogens with zero attached hydrogens (tertiary/aromatic N) is 2. The second-order valence-corrected chi connectivity index (χ2v) is 0.324. The first-order valence-corrected chi connectivity index (χ1v) is 0.924. The van der Waals surface area contributed by atoms with Crippen molar-refractivity contribution >= 4 is 0 Å². The van der Waals surface area contributed by atoms with Gasteiger partial charge in [-0.1, -0.05) is 0 Å². The van der Waals surface area contributed by atoms with Crippen LogP contribution in [0.15, 0.2) is 0 Å². The van der Waals surface area contributed by atoms with Gasteiger partial charge in [-0.3, -0.25) is 0 Å². The first-order valence-electron chi connectivity index (χ1n) is 0.924. The maximum Gasteiger partial charge on any atom is 2.00 e. The fourth-order valence-electron chi connectivity index (χ4n) is 0. The molecule has 0 aromatic rings. The summed E-state index contributed by atoms with van der Waals surface area (Å²) in [5, 5.41) is 9.88. The molecule has 0 spiro atoms. The molecule has 0 aromatic carbocycles. The van der Waals surface area contributed by atoms with E-state index in [1.807, 2.05) is 0 Å². The molecule has 0 aliphatic carbocycles. The molecular formula is CH4Cl3N3Zn. The first-order chi connectivity index (χ1) is 1.91. The Morgan fingerprint density at radius 2 is 1.38 bits per heavy atom. The quantitative estimate of drug-likeness (QED) is 0.255. The minimum Gasteiger partial charge on any atom is -1.00 e. The van der Waals surface area contributed by atoms with Crippen molar-refractivity contribution in [3.05, 3.63) is 5.08 Å². The standard InChI is InChI=1S/CH4N3.3ClH.Zn/c1-3-4-2;;;;/h3H,1H3;3*1H;/q+1;;;;+2/p-3. The van der Waals surface area contributed by atoms with Crippen LogP contribution in [0.2, 0.25) is 0 Å². The summed E-state index contributed by atoms with van der Waals surface area (Å²) in [5.41, 5.74) is 2.11. The van der Waals surface area contributed by atoms with Crippen LogP contribution in [-0.4, -0.2) is 7.05 Å². The van der Waals surface area contributed by atoms with E-state index < -0.39 is 0 Å². The van der Waals surface area contributed by atoms with E-state index in [1.54, 1.807) is 0 Å². The first kappa shape index (κ1) is 37.6. The monoisotopic (exact) mass is 227 g/mol. The third kappa shape index (κ3) is 74.6. The van der Waals surface area contributed by atoms with Crippen LogP contribution in [0.3, 0.4) is 0 Å². The molecule has 46 valence electrons. The van der Waals surface area contributed by atoms with Crippen LogP contribution < -0.4 is 42.6 Å². The minimum atomic E-state index is 0. The van der Waals surface area contributed by atoms with Crippen molar-refractivity contribution in [3.8, 4) is 0 Å². The Morgan fingerprint density at radius 3 is 1.38 bits per heavy atom. The van der Waals surface area contributed by atoms with Crippen molar-refractivity contribution in [1.82, 2.24) is 5.43 Å². The van der Waals surface area contributed by atoms with Gasteiger partial charge in [0.1, 0.15) is 0 Å². The Kier molecular flexibility index (Phi) is 222. The topological polar surface area (TPSA) is 40.2 Å². The zero-order valence-electron chi connectivity index (χ0n) is 4.24. The van der Waals surface area contributed by atoms with Crippen molar-refractivity contribution in [3.63, 3.8) is 0 Å². The fourth-order valence-corrected chi connectivity index (χ4v) is 0. The van der Waals surface area contributed by atoms with Gasteiger partial charge in [0.05, 0.1) is 7.05 Å². The molecule has 0 atom stereocenters. The van der Waals surface area contributed by atoms with Crippen LogP contribution in [-0.2, 0) is 19.5 Å². The van der Waals surface area contributed by atoms with Crippen molar-refractivity contribution in [2.45, 2.75) is 0 Å². The summed E-state index contributed by atoms with van der Waals surface area (Å²) in [4.78, 5) is 0. The van der Waals surface area contributed by atoms with Gasteiger partial charge in [-0.2, -0.15) is 0 Å². The van der Waals surface area contributed by atoms with E-state index >= 15 is 0 Å². The van der Waals surface area contributed by atoms with Crippen LogP contribution in [0, 0.1) is 5.39 Å². The van der Waals surface area contributed by atoms with E-state index in [-0.39, 0.29) is 56.7 Å². The summed E-state index contributed by atoms with van der Waals surface area (Å²) in [6, 6.07) is 0. The summed E-state index contributed by atoms with van der Waals surface area (Å²) in [6.45, 7) is 0. The van der Waals surface area contributed by atoms with Gasteiger partial charge in [-0.15, -0.1) is 0 Å². The molecule has 0 rings (SSSR count). The Labute approximate surface area is 79.6 Å². The van der Waals surface area contributed by atoms with Crippen LogP contribution in [0.1, 0.15) is 0 Å². The second-order valence-electron chi connectivity index (χ2n) is 0.324. The number of hydrogen-bond acceptors (Lipinski definition) is 2. The molecule has 0 aromatic heterocycles. The molecule has 0 aliphatic rings. The summed E-state index contributed by atoms with van der Waals surface area (Å²) < 4.78 is 0. The van der Waals surface area contributed by atoms with Gasteiger partial charge >= 0.3 is 24.6 Å². The largest absolute Gasteiger partial charge is 2.00 e. The van der Waals surface area contributed by atoms with Gasteiger partial charge in [0.25, 0.3) is 5.39 Å². The molecule has 0 aliphatic heterocycles. The third-order valence-corrected chi connectivity index (χ3v) is 0.100. The third-order valence-electron chi connectivity index (χ3n) is 0.100. The number of nitrogens with one attached hydrogen (secondary N) is 1. The van der Waals surface area contributed by atoms with Gasteiger partial charge in [0, 0.05) is 0 Å². The van der Waals surface area contributed by atoms with Gasteiger partial charge in [-0.25, -0.2) is 0 Å². The maximum absolute atomic E-state index is 7.39. The van der Waals surface area contributed by atoms with E-state index in [2.05, 4.69) is 10.5 Å². The molecule has 0 saturated carbocycles. The summed E-state index contributed by atoms with van der Waals surface area (Å²) >= 11 is 0. The van der Waals surface area contributed by atoms with Crippen molar-refractivity contribution in [2.24, 2.45) is 0 Å². The minimum absolute atomic E-state index is 0. The summed E-state index contributed by atoms with van der Waals surface area (Å²) in [7, 11) is 1.51. The molecule has 7 heteroatoms. The van der Waals surface area contributed by atoms with Gasteiger partial charge in [0.2, 0.25) is 0 Å². The van der Waals surface area contributed by atoms with E-state index in [0.717, 1.165) is 0 Å². The predicted molar refractivity (Wildman–Crippen MR) is 14.1 cm³/mol. The molecular weight excluding hydrogens is 226 g/mol. The van der Waals surface area contributed by atoms with Crippen LogP contribution in [0.4, 0.5) is 0 Å². The average Bonchev–Trinajstić information content (AvgIpc) is 1.37. The number of halogens is 3. The molecule has 0 heterocycles. The van der Waals surface area contributed by atoms with E-state index in [1.165, 1.54) is 7.05 Å². The van der Waals surface area contributed by atoms with Crippen molar-refractivity contribution < 1.29 is 56.7 Å². The Morgan fingerprint density at radius 1 is 1.25 bits per heavy atom. The predicted octanol–water partition coefficient (Wildman–Crippen LogP) is -9.02. The Bertz CT molecular complexity index is 44.3. The second kappa shape index (κ2) is 47.2. The average molecular weight is 230 g/mol. The van der Waals surface area contributed by atoms with Crippen LogP contribution >= 0.6 is 0 Å². The van der Waals surface area contributed by atoms with Crippen molar-refractivity contribution in [1.29, 1.82) is 5.39 Å². The zero-order valence-corrected chi connectivity index (χ0v) is 9.47. The number of hydrogen-bond donors (Lipinski definition) is 1. The molecule has 8 heavy (non-hydrogen) atoms. The van der Waals surface area contributed by atoms with Crippen LogP contribution in [0.25, 0.3) is 5.08 Å². The summed E-state index contributed by atoms with van der Waals surface area (Å²) in [6.07, 6.45) is 0. The Balaban J connectivity index is -0.00000000750. The molecule has 0 bridgehead atoms. The molecule has 0 saturated heterocycles. The molecule has 0 amide bonds. The molecule has 3 nitrogen and oxygen atoms in total. The van der Waals surface area contributed by atoms with Gasteiger partial charge < -0.3 is 37.2 Å². The van der Waals surface area contributed by atoms with Gasteiger partial charge in [0.15, 0.2) is 0 Å². The van der Waals surface area contributed by atoms with Gasteiger partial charge in [-0.05, 0) is 5.43 Å². The molecule has 1 N–H and O–H groups in total. The molecule has 0 fully saturated rings. The van der Waals surface area contributed by atoms with Crippen LogP contribution in [0.5, 0.6) is 0 Å². The normalized spacial score (nSPS) is 2.00. The maximum atomic E-state index is 7.39. The number of rotatable bonds is 0.